The zero-order valence-electron chi connectivity index (χ0n) is 19.7. The summed E-state index contributed by atoms with van der Waals surface area (Å²) in [5.41, 5.74) is 4.36. The Morgan fingerprint density at radius 1 is 1.06 bits per heavy atom. The quantitative estimate of drug-likeness (QED) is 0.566. The summed E-state index contributed by atoms with van der Waals surface area (Å²) in [6.45, 7) is 4.23. The molecule has 1 heterocycles. The number of ketones is 1. The van der Waals surface area contributed by atoms with Gasteiger partial charge in [-0.2, -0.15) is 0 Å². The number of halogens is 1. The molecule has 0 aromatic heterocycles. The molecule has 0 saturated carbocycles. The number of nitrogens with one attached hydrogen (secondary N) is 1. The van der Waals surface area contributed by atoms with Crippen LogP contribution >= 0.6 is 11.6 Å². The highest BCUT2D eigenvalue weighted by Gasteiger charge is 2.41. The van der Waals surface area contributed by atoms with Crippen molar-refractivity contribution >= 4 is 23.4 Å². The van der Waals surface area contributed by atoms with Crippen molar-refractivity contribution in [2.75, 3.05) is 20.8 Å². The van der Waals surface area contributed by atoms with Crippen LogP contribution in [0.4, 0.5) is 0 Å². The maximum Gasteiger partial charge on any atom is 0.336 e. The molecule has 0 amide bonds. The molecule has 0 bridgehead atoms. The first kappa shape index (κ1) is 23.9. The zero-order valence-corrected chi connectivity index (χ0v) is 20.5. The van der Waals surface area contributed by atoms with Gasteiger partial charge in [-0.05, 0) is 61.6 Å². The smallest absolute Gasteiger partial charge is 0.336 e. The number of allylic oxidation sites excluding steroid dienone is 3. The number of dihydropyridines is 1. The highest BCUT2D eigenvalue weighted by Crippen LogP contribution is 2.47. The third-order valence-corrected chi connectivity index (χ3v) is 6.65. The van der Waals surface area contributed by atoms with Crippen LogP contribution in [-0.2, 0) is 14.3 Å². The van der Waals surface area contributed by atoms with Gasteiger partial charge >= 0.3 is 5.97 Å². The lowest BCUT2D eigenvalue weighted by Crippen LogP contribution is -2.36. The fourth-order valence-corrected chi connectivity index (χ4v) is 4.99. The largest absolute Gasteiger partial charge is 0.493 e. The fraction of sp³-hybridized carbons (Fsp3) is 0.333. The number of benzene rings is 2. The molecule has 2 atom stereocenters. The standard InChI is InChI=1S/C27H28ClNO5/c1-5-34-22-11-8-17(14-23(22)32-3)25-24(27(31)33-4)15(2)29-20-12-18(13-21(30)26(20)25)16-6-9-19(28)10-7-16/h6-11,14,18,25,29H,5,12-13H2,1-4H3/t18-,25+/m1/s1. The summed E-state index contributed by atoms with van der Waals surface area (Å²) < 4.78 is 16.3. The maximum atomic E-state index is 13.6. The molecule has 0 radical (unpaired) electrons. The van der Waals surface area contributed by atoms with Crippen LogP contribution in [0.5, 0.6) is 11.5 Å². The molecule has 2 aromatic rings. The van der Waals surface area contributed by atoms with Crippen LogP contribution in [0.1, 0.15) is 49.7 Å². The van der Waals surface area contributed by atoms with Crippen LogP contribution in [0.2, 0.25) is 5.02 Å². The van der Waals surface area contributed by atoms with Crippen molar-refractivity contribution in [1.82, 2.24) is 5.32 Å². The summed E-state index contributed by atoms with van der Waals surface area (Å²) in [6.07, 6.45) is 0.999. The van der Waals surface area contributed by atoms with Crippen molar-refractivity contribution < 1.29 is 23.8 Å². The van der Waals surface area contributed by atoms with Crippen LogP contribution in [0.15, 0.2) is 65.0 Å². The Morgan fingerprint density at radius 3 is 2.41 bits per heavy atom. The van der Waals surface area contributed by atoms with Crippen LogP contribution in [0, 0.1) is 0 Å². The molecular formula is C27H28ClNO5. The Bertz CT molecular complexity index is 1180. The summed E-state index contributed by atoms with van der Waals surface area (Å²) in [5.74, 6) is 0.146. The summed E-state index contributed by atoms with van der Waals surface area (Å²) in [6, 6.07) is 13.1. The van der Waals surface area contributed by atoms with Crippen molar-refractivity contribution in [2.45, 2.75) is 38.5 Å². The summed E-state index contributed by atoms with van der Waals surface area (Å²) >= 11 is 6.05. The molecule has 0 spiro atoms. The average Bonchev–Trinajstić information content (AvgIpc) is 2.83. The SMILES string of the molecule is CCOc1ccc([C@H]2C(C(=O)OC)=C(C)NC3=C2C(=O)C[C@H](c2ccc(Cl)cc2)C3)cc1OC. The number of ether oxygens (including phenoxy) is 3. The molecule has 0 fully saturated rings. The van der Waals surface area contributed by atoms with Gasteiger partial charge in [0.15, 0.2) is 17.3 Å². The molecular weight excluding hydrogens is 454 g/mol. The molecule has 34 heavy (non-hydrogen) atoms. The molecule has 1 aliphatic heterocycles. The van der Waals surface area contributed by atoms with Gasteiger partial charge in [0.25, 0.3) is 0 Å². The Labute approximate surface area is 204 Å². The molecule has 0 saturated heterocycles. The van der Waals surface area contributed by atoms with Gasteiger partial charge in [0, 0.05) is 34.3 Å². The first-order valence-electron chi connectivity index (χ1n) is 11.3. The van der Waals surface area contributed by atoms with Gasteiger partial charge in [0.05, 0.1) is 26.4 Å². The molecule has 178 valence electrons. The molecule has 4 rings (SSSR count). The molecule has 0 unspecified atom stereocenters. The van der Waals surface area contributed by atoms with E-state index in [0.29, 0.717) is 52.8 Å². The summed E-state index contributed by atoms with van der Waals surface area (Å²) in [5, 5.41) is 4.00. The highest BCUT2D eigenvalue weighted by atomic mass is 35.5. The van der Waals surface area contributed by atoms with Crippen LogP contribution in [-0.4, -0.2) is 32.6 Å². The van der Waals surface area contributed by atoms with E-state index in [1.807, 2.05) is 56.3 Å². The average molecular weight is 482 g/mol. The van der Waals surface area contributed by atoms with E-state index in [2.05, 4.69) is 5.32 Å². The second-order valence-corrected chi connectivity index (χ2v) is 8.84. The third kappa shape index (κ3) is 4.42. The van der Waals surface area contributed by atoms with Gasteiger partial charge in [-0.25, -0.2) is 4.79 Å². The van der Waals surface area contributed by atoms with Crippen molar-refractivity contribution in [3.05, 3.63) is 81.2 Å². The maximum absolute atomic E-state index is 13.6. The van der Waals surface area contributed by atoms with Gasteiger partial charge in [-0.15, -0.1) is 0 Å². The number of carbonyl (C=O) groups is 2. The van der Waals surface area contributed by atoms with E-state index in [0.717, 1.165) is 16.8 Å². The van der Waals surface area contributed by atoms with Crippen molar-refractivity contribution in [3.63, 3.8) is 0 Å². The van der Waals surface area contributed by atoms with Gasteiger partial charge < -0.3 is 19.5 Å². The Hall–Kier alpha value is -3.25. The first-order valence-corrected chi connectivity index (χ1v) is 11.6. The zero-order chi connectivity index (χ0) is 24.4. The van der Waals surface area contributed by atoms with Crippen LogP contribution in [0.25, 0.3) is 0 Å². The number of hydrogen-bond acceptors (Lipinski definition) is 6. The Kier molecular flexibility index (Phi) is 6.98. The van der Waals surface area contributed by atoms with Crippen molar-refractivity contribution in [1.29, 1.82) is 0 Å². The summed E-state index contributed by atoms with van der Waals surface area (Å²) in [7, 11) is 2.92. The number of Topliss-reactive ketones (excluding diaryl/α,β-unsaturated/α-hetero) is 1. The van der Waals surface area contributed by atoms with E-state index in [-0.39, 0.29) is 11.7 Å². The van der Waals surface area contributed by atoms with Crippen LogP contribution < -0.4 is 14.8 Å². The van der Waals surface area contributed by atoms with Crippen LogP contribution in [0.3, 0.4) is 0 Å². The highest BCUT2D eigenvalue weighted by molar-refractivity contribution is 6.30. The minimum Gasteiger partial charge on any atom is -0.493 e. The molecule has 2 aliphatic rings. The predicted octanol–water partition coefficient (Wildman–Crippen LogP) is 5.28. The third-order valence-electron chi connectivity index (χ3n) is 6.40. The normalized spacial score (nSPS) is 20.0. The minimum absolute atomic E-state index is 0.000421. The van der Waals surface area contributed by atoms with E-state index in [1.165, 1.54) is 7.11 Å². The Balaban J connectivity index is 1.81. The lowest BCUT2D eigenvalue weighted by atomic mass is 9.71. The number of hydrogen-bond donors (Lipinski definition) is 1. The molecule has 6 nitrogen and oxygen atoms in total. The minimum atomic E-state index is -0.563. The molecule has 7 heteroatoms. The van der Waals surface area contributed by atoms with E-state index < -0.39 is 11.9 Å². The fourth-order valence-electron chi connectivity index (χ4n) is 4.86. The number of carbonyl (C=O) groups excluding carboxylic acids is 2. The summed E-state index contributed by atoms with van der Waals surface area (Å²) in [4.78, 5) is 26.5. The first-order chi connectivity index (χ1) is 16.4. The van der Waals surface area contributed by atoms with E-state index >= 15 is 0 Å². The lowest BCUT2D eigenvalue weighted by Gasteiger charge is -2.36. The van der Waals surface area contributed by atoms with Gasteiger partial charge in [-0.1, -0.05) is 29.8 Å². The molecule has 1 aliphatic carbocycles. The van der Waals surface area contributed by atoms with E-state index in [9.17, 15) is 9.59 Å². The Morgan fingerprint density at radius 2 is 1.76 bits per heavy atom. The van der Waals surface area contributed by atoms with Gasteiger partial charge in [0.2, 0.25) is 0 Å². The topological polar surface area (TPSA) is 73.9 Å². The number of methoxy groups -OCH3 is 2. The number of rotatable bonds is 6. The van der Waals surface area contributed by atoms with E-state index in [1.54, 1.807) is 7.11 Å². The second kappa shape index (κ2) is 9.94. The van der Waals surface area contributed by atoms with E-state index in [4.69, 9.17) is 25.8 Å². The lowest BCUT2D eigenvalue weighted by molar-refractivity contribution is -0.136. The van der Waals surface area contributed by atoms with Gasteiger partial charge in [0.1, 0.15) is 0 Å². The number of esters is 1. The molecule has 1 N–H and O–H groups in total. The second-order valence-electron chi connectivity index (χ2n) is 8.40. The molecule has 2 aromatic carbocycles. The van der Waals surface area contributed by atoms with Crippen molar-refractivity contribution in [2.24, 2.45) is 0 Å². The monoisotopic (exact) mass is 481 g/mol. The van der Waals surface area contributed by atoms with Gasteiger partial charge in [-0.3, -0.25) is 4.79 Å². The van der Waals surface area contributed by atoms with Crippen molar-refractivity contribution in [3.8, 4) is 11.5 Å². The predicted molar refractivity (Wildman–Crippen MR) is 130 cm³/mol.